The zero-order valence-electron chi connectivity index (χ0n) is 13.4. The zero-order chi connectivity index (χ0) is 16.1. The van der Waals surface area contributed by atoms with Crippen LogP contribution in [0.3, 0.4) is 0 Å². The normalized spacial score (nSPS) is 16.4. The first kappa shape index (κ1) is 21.5. The summed E-state index contributed by atoms with van der Waals surface area (Å²) >= 11 is 5.99. The monoisotopic (exact) mass is 403 g/mol. The number of amides is 1. The molecule has 25 heavy (non-hydrogen) atoms. The van der Waals surface area contributed by atoms with E-state index in [0.717, 1.165) is 6.54 Å². The second-order valence-corrected chi connectivity index (χ2v) is 5.80. The number of pyridine rings is 1. The van der Waals surface area contributed by atoms with E-state index in [2.05, 4.69) is 10.3 Å². The third-order valence-corrected chi connectivity index (χ3v) is 3.99. The maximum atomic E-state index is 12.7. The van der Waals surface area contributed by atoms with Crippen LogP contribution in [0.15, 0.2) is 48.8 Å². The maximum Gasteiger partial charge on any atom is 0.254 e. The summed E-state index contributed by atoms with van der Waals surface area (Å²) in [5.41, 5.74) is 0.603. The first-order valence-corrected chi connectivity index (χ1v) is 7.92. The number of hydrogen-bond acceptors (Lipinski definition) is 4. The Morgan fingerprint density at radius 2 is 2.16 bits per heavy atom. The van der Waals surface area contributed by atoms with Crippen LogP contribution in [-0.4, -0.2) is 48.1 Å². The van der Waals surface area contributed by atoms with Gasteiger partial charge in [-0.3, -0.25) is 9.78 Å². The quantitative estimate of drug-likeness (QED) is 0.851. The maximum absolute atomic E-state index is 12.7. The lowest BCUT2D eigenvalue weighted by atomic mass is 10.1. The number of halogens is 3. The van der Waals surface area contributed by atoms with Gasteiger partial charge >= 0.3 is 0 Å². The minimum atomic E-state index is -0.0320. The summed E-state index contributed by atoms with van der Waals surface area (Å²) in [5, 5.41) is 3.87. The van der Waals surface area contributed by atoms with Crippen LogP contribution in [0.2, 0.25) is 5.02 Å². The highest BCUT2D eigenvalue weighted by atomic mass is 35.5. The highest BCUT2D eigenvalue weighted by Gasteiger charge is 2.28. The molecule has 8 heteroatoms. The van der Waals surface area contributed by atoms with Gasteiger partial charge in [0.25, 0.3) is 5.91 Å². The first-order chi connectivity index (χ1) is 11.2. The average Bonchev–Trinajstić information content (AvgIpc) is 2.60. The molecule has 1 aromatic carbocycles. The Balaban J connectivity index is 0.00000156. The molecule has 1 aromatic heterocycles. The summed E-state index contributed by atoms with van der Waals surface area (Å²) in [7, 11) is 0. The summed E-state index contributed by atoms with van der Waals surface area (Å²) in [6.07, 6.45) is 3.36. The van der Waals surface area contributed by atoms with Crippen molar-refractivity contribution >= 4 is 42.3 Å². The molecule has 2 aromatic rings. The Hall–Kier alpha value is -1.53. The van der Waals surface area contributed by atoms with E-state index in [1.807, 2.05) is 17.0 Å². The Bertz CT molecular complexity index is 673. The van der Waals surface area contributed by atoms with Crippen molar-refractivity contribution in [1.82, 2.24) is 15.2 Å². The van der Waals surface area contributed by atoms with Gasteiger partial charge in [0.2, 0.25) is 0 Å². The summed E-state index contributed by atoms with van der Waals surface area (Å²) < 4.78 is 5.76. The van der Waals surface area contributed by atoms with Gasteiger partial charge in [-0.25, -0.2) is 0 Å². The van der Waals surface area contributed by atoms with Gasteiger partial charge in [-0.05, 0) is 30.3 Å². The molecule has 5 nitrogen and oxygen atoms in total. The van der Waals surface area contributed by atoms with Gasteiger partial charge in [0.15, 0.2) is 0 Å². The molecule has 1 fully saturated rings. The van der Waals surface area contributed by atoms with Crippen molar-refractivity contribution in [3.8, 4) is 5.75 Å². The smallest absolute Gasteiger partial charge is 0.254 e. The highest BCUT2D eigenvalue weighted by Crippen LogP contribution is 2.16. The van der Waals surface area contributed by atoms with Crippen LogP contribution in [0, 0.1) is 0 Å². The Morgan fingerprint density at radius 3 is 2.88 bits per heavy atom. The van der Waals surface area contributed by atoms with Crippen LogP contribution in [0.4, 0.5) is 0 Å². The molecule has 1 unspecified atom stereocenters. The molecule has 0 spiro atoms. The second-order valence-electron chi connectivity index (χ2n) is 5.37. The molecule has 0 saturated carbocycles. The van der Waals surface area contributed by atoms with Gasteiger partial charge in [-0.15, -0.1) is 24.8 Å². The molecule has 136 valence electrons. The van der Waals surface area contributed by atoms with Crippen LogP contribution in [0.1, 0.15) is 10.4 Å². The van der Waals surface area contributed by atoms with Crippen LogP contribution in [0.5, 0.6) is 5.75 Å². The summed E-state index contributed by atoms with van der Waals surface area (Å²) in [5.74, 6) is 0.682. The van der Waals surface area contributed by atoms with E-state index in [-0.39, 0.29) is 36.8 Å². The highest BCUT2D eigenvalue weighted by molar-refractivity contribution is 6.30. The van der Waals surface area contributed by atoms with E-state index in [9.17, 15) is 4.79 Å². The van der Waals surface area contributed by atoms with Crippen molar-refractivity contribution in [3.63, 3.8) is 0 Å². The number of nitrogens with one attached hydrogen (secondary N) is 1. The van der Waals surface area contributed by atoms with E-state index < -0.39 is 0 Å². The number of nitrogens with zero attached hydrogens (tertiary/aromatic N) is 2. The van der Waals surface area contributed by atoms with Gasteiger partial charge in [-0.2, -0.15) is 0 Å². The lowest BCUT2D eigenvalue weighted by Gasteiger charge is -2.36. The van der Waals surface area contributed by atoms with Gasteiger partial charge in [0.05, 0.1) is 12.2 Å². The van der Waals surface area contributed by atoms with Crippen LogP contribution in [0.25, 0.3) is 0 Å². The van der Waals surface area contributed by atoms with E-state index in [4.69, 9.17) is 16.3 Å². The molecule has 3 rings (SSSR count). The molecule has 0 bridgehead atoms. The molecule has 1 saturated heterocycles. The number of carbonyl (C=O) groups excluding carboxylic acids is 1. The molecule has 1 aliphatic rings. The fourth-order valence-corrected chi connectivity index (χ4v) is 2.78. The topological polar surface area (TPSA) is 54.5 Å². The molecule has 0 radical (unpaired) electrons. The average molecular weight is 405 g/mol. The number of ether oxygens (including phenoxy) is 1. The minimum Gasteiger partial charge on any atom is -0.490 e. The number of piperazine rings is 1. The van der Waals surface area contributed by atoms with Crippen molar-refractivity contribution < 1.29 is 9.53 Å². The van der Waals surface area contributed by atoms with Crippen molar-refractivity contribution in [1.29, 1.82) is 0 Å². The summed E-state index contributed by atoms with van der Waals surface area (Å²) in [6, 6.07) is 10.7. The van der Waals surface area contributed by atoms with E-state index >= 15 is 0 Å². The van der Waals surface area contributed by atoms with Crippen molar-refractivity contribution in [3.05, 3.63) is 59.4 Å². The Morgan fingerprint density at radius 1 is 1.32 bits per heavy atom. The van der Waals surface area contributed by atoms with Gasteiger partial charge < -0.3 is 15.0 Å². The number of aromatic nitrogens is 1. The third kappa shape index (κ3) is 5.75. The molecule has 1 amide bonds. The lowest BCUT2D eigenvalue weighted by Crippen LogP contribution is -2.55. The molecular weight excluding hydrogens is 385 g/mol. The van der Waals surface area contributed by atoms with E-state index in [1.165, 1.54) is 0 Å². The fraction of sp³-hybridized carbons (Fsp3) is 0.294. The first-order valence-electron chi connectivity index (χ1n) is 7.54. The molecule has 1 atom stereocenters. The van der Waals surface area contributed by atoms with Crippen LogP contribution in [-0.2, 0) is 0 Å². The number of rotatable bonds is 4. The summed E-state index contributed by atoms with van der Waals surface area (Å²) in [4.78, 5) is 18.6. The molecule has 2 heterocycles. The van der Waals surface area contributed by atoms with Crippen molar-refractivity contribution in [2.75, 3.05) is 26.2 Å². The van der Waals surface area contributed by atoms with E-state index in [1.54, 1.807) is 36.7 Å². The third-order valence-electron chi connectivity index (χ3n) is 3.76. The van der Waals surface area contributed by atoms with E-state index in [0.29, 0.717) is 36.0 Å². The van der Waals surface area contributed by atoms with Crippen LogP contribution >= 0.6 is 36.4 Å². The SMILES string of the molecule is Cl.Cl.O=C(c1cccc(Cl)c1)N1CCNCC1COc1cccnc1. The predicted molar refractivity (Wildman–Crippen MR) is 103 cm³/mol. The molecule has 0 aliphatic carbocycles. The largest absolute Gasteiger partial charge is 0.490 e. The van der Waals surface area contributed by atoms with Crippen LogP contribution < -0.4 is 10.1 Å². The van der Waals surface area contributed by atoms with Gasteiger partial charge in [0.1, 0.15) is 12.4 Å². The number of benzene rings is 1. The predicted octanol–water partition coefficient (Wildman–Crippen LogP) is 3.07. The number of carbonyl (C=O) groups is 1. The van der Waals surface area contributed by atoms with Gasteiger partial charge in [-0.1, -0.05) is 17.7 Å². The zero-order valence-corrected chi connectivity index (χ0v) is 15.8. The minimum absolute atomic E-state index is 0. The van der Waals surface area contributed by atoms with Gasteiger partial charge in [0, 0.05) is 36.4 Å². The molecule has 1 aliphatic heterocycles. The standard InChI is InChI=1S/C17H18ClN3O2.2ClH/c18-14-4-1-3-13(9-14)17(22)21-8-7-20-10-15(21)12-23-16-5-2-6-19-11-16;;/h1-6,9,11,15,20H,7-8,10,12H2;2*1H. The Labute approximate surface area is 164 Å². The molecular formula is C17H20Cl3N3O2. The molecule has 1 N–H and O–H groups in total. The van der Waals surface area contributed by atoms with Crippen molar-refractivity contribution in [2.45, 2.75) is 6.04 Å². The Kier molecular flexibility index (Phi) is 9.00. The second kappa shape index (κ2) is 10.5. The van der Waals surface area contributed by atoms with Crippen molar-refractivity contribution in [2.24, 2.45) is 0 Å². The lowest BCUT2D eigenvalue weighted by molar-refractivity contribution is 0.0559. The number of hydrogen-bond donors (Lipinski definition) is 1. The summed E-state index contributed by atoms with van der Waals surface area (Å²) in [6.45, 7) is 2.54. The fourth-order valence-electron chi connectivity index (χ4n) is 2.59.